The summed E-state index contributed by atoms with van der Waals surface area (Å²) < 4.78 is 5.45. The highest BCUT2D eigenvalue weighted by atomic mass is 16.6. The van der Waals surface area contributed by atoms with E-state index >= 15 is 0 Å². The number of aromatic nitrogens is 1. The monoisotopic (exact) mass is 381 g/mol. The van der Waals surface area contributed by atoms with Crippen LogP contribution in [0.15, 0.2) is 48.8 Å². The molecule has 0 saturated carbocycles. The number of hydrogen-bond acceptors (Lipinski definition) is 5. The van der Waals surface area contributed by atoms with Crippen LogP contribution in [0.2, 0.25) is 0 Å². The fourth-order valence-corrected chi connectivity index (χ4v) is 3.23. The molecule has 0 radical (unpaired) electrons. The predicted molar refractivity (Wildman–Crippen MR) is 108 cm³/mol. The maximum Gasteiger partial charge on any atom is 0.422 e. The van der Waals surface area contributed by atoms with Crippen LogP contribution in [0.4, 0.5) is 10.5 Å². The lowest BCUT2D eigenvalue weighted by atomic mass is 9.96. The third kappa shape index (κ3) is 4.95. The quantitative estimate of drug-likeness (QED) is 0.849. The van der Waals surface area contributed by atoms with Crippen LogP contribution in [0.25, 0.3) is 0 Å². The molecule has 6 nitrogen and oxygen atoms in total. The summed E-state index contributed by atoms with van der Waals surface area (Å²) >= 11 is 0. The van der Waals surface area contributed by atoms with Crippen molar-refractivity contribution in [3.8, 4) is 0 Å². The summed E-state index contributed by atoms with van der Waals surface area (Å²) in [5, 5.41) is 3.50. The first-order valence-corrected chi connectivity index (χ1v) is 9.66. The molecule has 0 aliphatic carbocycles. The molecule has 0 bridgehead atoms. The van der Waals surface area contributed by atoms with E-state index in [1.54, 1.807) is 45.0 Å². The first-order valence-electron chi connectivity index (χ1n) is 9.66. The summed E-state index contributed by atoms with van der Waals surface area (Å²) in [6.45, 7) is 6.32. The molecule has 148 valence electrons. The number of hydrogen-bond donors (Lipinski definition) is 1. The zero-order valence-corrected chi connectivity index (χ0v) is 16.6. The summed E-state index contributed by atoms with van der Waals surface area (Å²) in [6.07, 6.45) is 5.86. The fraction of sp³-hybridized carbons (Fsp3) is 0.409. The largest absolute Gasteiger partial charge is 0.443 e. The van der Waals surface area contributed by atoms with Gasteiger partial charge in [0.25, 0.3) is 5.91 Å². The lowest BCUT2D eigenvalue weighted by Gasteiger charge is -2.26. The number of carbonyl (C=O) groups is 2. The second-order valence-electron chi connectivity index (χ2n) is 7.95. The van der Waals surface area contributed by atoms with E-state index in [-0.39, 0.29) is 0 Å². The number of benzene rings is 1. The van der Waals surface area contributed by atoms with Gasteiger partial charge in [-0.25, -0.2) is 9.69 Å². The molecule has 1 fully saturated rings. The molecule has 2 aromatic rings. The van der Waals surface area contributed by atoms with E-state index in [0.29, 0.717) is 17.3 Å². The molecule has 3 rings (SSSR count). The number of pyridine rings is 1. The van der Waals surface area contributed by atoms with Crippen molar-refractivity contribution in [1.82, 2.24) is 10.3 Å². The van der Waals surface area contributed by atoms with Crippen LogP contribution >= 0.6 is 0 Å². The second-order valence-corrected chi connectivity index (χ2v) is 7.95. The Labute approximate surface area is 165 Å². The van der Waals surface area contributed by atoms with E-state index in [2.05, 4.69) is 10.3 Å². The van der Waals surface area contributed by atoms with Gasteiger partial charge in [0.15, 0.2) is 0 Å². The average Bonchev–Trinajstić information content (AvgIpc) is 2.68. The Morgan fingerprint density at radius 3 is 2.32 bits per heavy atom. The molecule has 1 unspecified atom stereocenters. The van der Waals surface area contributed by atoms with E-state index in [1.165, 1.54) is 25.2 Å². The Bertz CT molecular complexity index is 807. The maximum absolute atomic E-state index is 13.1. The number of amides is 2. The molecule has 1 aliphatic heterocycles. The van der Waals surface area contributed by atoms with Crippen molar-refractivity contribution < 1.29 is 14.3 Å². The van der Waals surface area contributed by atoms with Gasteiger partial charge in [-0.05, 0) is 70.0 Å². The number of ether oxygens (including phenoxy) is 1. The van der Waals surface area contributed by atoms with Crippen molar-refractivity contribution in [3.05, 3.63) is 59.9 Å². The number of imide groups is 1. The van der Waals surface area contributed by atoms with Crippen LogP contribution < -0.4 is 10.2 Å². The van der Waals surface area contributed by atoms with Crippen LogP contribution in [-0.2, 0) is 4.74 Å². The average molecular weight is 381 g/mol. The predicted octanol–water partition coefficient (Wildman–Crippen LogP) is 4.48. The zero-order chi connectivity index (χ0) is 20.1. The van der Waals surface area contributed by atoms with Gasteiger partial charge >= 0.3 is 6.09 Å². The number of anilines is 1. The third-order valence-corrected chi connectivity index (χ3v) is 4.57. The van der Waals surface area contributed by atoms with Gasteiger partial charge in [-0.2, -0.15) is 0 Å². The summed E-state index contributed by atoms with van der Waals surface area (Å²) in [7, 11) is 0. The first kappa shape index (κ1) is 20.0. The summed E-state index contributed by atoms with van der Waals surface area (Å²) in [5.74, 6) is -0.427. The minimum atomic E-state index is -0.709. The summed E-state index contributed by atoms with van der Waals surface area (Å²) in [6, 6.07) is 11.0. The zero-order valence-electron chi connectivity index (χ0n) is 16.6. The van der Waals surface area contributed by atoms with Crippen LogP contribution in [0.5, 0.6) is 0 Å². The third-order valence-electron chi connectivity index (χ3n) is 4.57. The minimum Gasteiger partial charge on any atom is -0.443 e. The molecule has 1 N–H and O–H groups in total. The first-order chi connectivity index (χ1) is 13.3. The van der Waals surface area contributed by atoms with Crippen molar-refractivity contribution >= 4 is 17.7 Å². The van der Waals surface area contributed by atoms with Gasteiger partial charge < -0.3 is 10.1 Å². The highest BCUT2D eigenvalue weighted by Gasteiger charge is 2.29. The molecule has 6 heteroatoms. The van der Waals surface area contributed by atoms with E-state index in [4.69, 9.17) is 4.74 Å². The van der Waals surface area contributed by atoms with Crippen LogP contribution in [-0.4, -0.2) is 29.1 Å². The molecule has 1 aromatic heterocycles. The summed E-state index contributed by atoms with van der Waals surface area (Å²) in [5.41, 5.74) is 1.30. The van der Waals surface area contributed by atoms with Crippen molar-refractivity contribution in [2.24, 2.45) is 0 Å². The Balaban J connectivity index is 1.85. The van der Waals surface area contributed by atoms with Crippen molar-refractivity contribution in [2.75, 3.05) is 11.4 Å². The highest BCUT2D eigenvalue weighted by Crippen LogP contribution is 2.25. The van der Waals surface area contributed by atoms with Crippen LogP contribution in [0.1, 0.15) is 62.0 Å². The van der Waals surface area contributed by atoms with Crippen LogP contribution in [0, 0.1) is 0 Å². The van der Waals surface area contributed by atoms with E-state index < -0.39 is 17.6 Å². The SMILES string of the molecule is CC(C)(C)OC(=O)N(C(=O)c1ccc(C2CCCCN2)cc1)c1ccncc1. The lowest BCUT2D eigenvalue weighted by molar-refractivity contribution is 0.0564. The van der Waals surface area contributed by atoms with Gasteiger partial charge in [0, 0.05) is 24.0 Å². The smallest absolute Gasteiger partial charge is 0.422 e. The lowest BCUT2D eigenvalue weighted by Crippen LogP contribution is -2.41. The second kappa shape index (κ2) is 8.52. The Morgan fingerprint density at radius 1 is 1.07 bits per heavy atom. The van der Waals surface area contributed by atoms with Gasteiger partial charge in [0.2, 0.25) is 0 Å². The normalized spacial score (nSPS) is 17.0. The number of carbonyl (C=O) groups excluding carboxylic acids is 2. The molecule has 2 amide bonds. The molecule has 1 aromatic carbocycles. The van der Waals surface area contributed by atoms with Gasteiger partial charge in [-0.1, -0.05) is 18.6 Å². The van der Waals surface area contributed by atoms with E-state index in [9.17, 15) is 9.59 Å². The van der Waals surface area contributed by atoms with E-state index in [1.807, 2.05) is 12.1 Å². The van der Waals surface area contributed by atoms with Crippen molar-refractivity contribution in [1.29, 1.82) is 0 Å². The molecular weight excluding hydrogens is 354 g/mol. The summed E-state index contributed by atoms with van der Waals surface area (Å²) in [4.78, 5) is 30.9. The Kier molecular flexibility index (Phi) is 6.09. The standard InChI is InChI=1S/C22H27N3O3/c1-22(2,3)28-21(27)25(18-11-14-23-15-12-18)20(26)17-9-7-16(8-10-17)19-6-4-5-13-24-19/h7-12,14-15,19,24H,4-6,13H2,1-3H3. The Hall–Kier alpha value is -2.73. The van der Waals surface area contributed by atoms with Gasteiger partial charge in [0.05, 0.1) is 5.69 Å². The van der Waals surface area contributed by atoms with Gasteiger partial charge in [-0.15, -0.1) is 0 Å². The highest BCUT2D eigenvalue weighted by molar-refractivity contribution is 6.19. The van der Waals surface area contributed by atoms with E-state index in [0.717, 1.165) is 23.4 Å². The molecule has 1 atom stereocenters. The number of nitrogens with zero attached hydrogens (tertiary/aromatic N) is 2. The van der Waals surface area contributed by atoms with Crippen molar-refractivity contribution in [2.45, 2.75) is 51.7 Å². The van der Waals surface area contributed by atoms with Gasteiger partial charge in [-0.3, -0.25) is 9.78 Å². The molecule has 1 aliphatic rings. The number of piperidine rings is 1. The maximum atomic E-state index is 13.1. The molecular formula is C22H27N3O3. The molecule has 2 heterocycles. The number of nitrogens with one attached hydrogen (secondary N) is 1. The number of rotatable bonds is 3. The topological polar surface area (TPSA) is 71.5 Å². The Morgan fingerprint density at radius 2 is 1.75 bits per heavy atom. The van der Waals surface area contributed by atoms with Crippen LogP contribution in [0.3, 0.4) is 0 Å². The van der Waals surface area contributed by atoms with Crippen molar-refractivity contribution in [3.63, 3.8) is 0 Å². The fourth-order valence-electron chi connectivity index (χ4n) is 3.23. The molecule has 1 saturated heterocycles. The van der Waals surface area contributed by atoms with Gasteiger partial charge in [0.1, 0.15) is 5.60 Å². The molecule has 0 spiro atoms. The minimum absolute atomic E-state index is 0.319. The molecule has 28 heavy (non-hydrogen) atoms.